The number of carbonyl (C=O) groups excluding carboxylic acids is 3. The van der Waals surface area contributed by atoms with E-state index in [1.165, 1.54) is 20.8 Å². The molecule has 34 heavy (non-hydrogen) atoms. The van der Waals surface area contributed by atoms with Crippen molar-refractivity contribution in [3.05, 3.63) is 65.7 Å². The van der Waals surface area contributed by atoms with Crippen molar-refractivity contribution < 1.29 is 42.8 Å². The Bertz CT molecular complexity index is 1020. The average molecular weight is 470 g/mol. The Labute approximate surface area is 196 Å². The van der Waals surface area contributed by atoms with E-state index in [0.717, 1.165) is 5.56 Å². The maximum Gasteiger partial charge on any atom is 0.303 e. The van der Waals surface area contributed by atoms with E-state index in [4.69, 9.17) is 28.4 Å². The molecule has 9 nitrogen and oxygen atoms in total. The molecule has 0 spiro atoms. The van der Waals surface area contributed by atoms with Crippen LogP contribution in [0.25, 0.3) is 0 Å². The van der Waals surface area contributed by atoms with Crippen LogP contribution in [0.5, 0.6) is 5.75 Å². The summed E-state index contributed by atoms with van der Waals surface area (Å²) < 4.78 is 35.1. The van der Waals surface area contributed by atoms with E-state index < -0.39 is 48.9 Å². The zero-order chi connectivity index (χ0) is 24.2. The van der Waals surface area contributed by atoms with E-state index in [2.05, 4.69) is 0 Å². The highest BCUT2D eigenvalue weighted by Gasteiger charge is 2.54. The maximum atomic E-state index is 12.0. The molecule has 0 unspecified atom stereocenters. The lowest BCUT2D eigenvalue weighted by Gasteiger charge is -2.47. The third-order valence-corrected chi connectivity index (χ3v) is 5.47. The fraction of sp³-hybridized carbons (Fsp3) is 0.400. The van der Waals surface area contributed by atoms with E-state index in [-0.39, 0.29) is 12.4 Å². The predicted molar refractivity (Wildman–Crippen MR) is 117 cm³/mol. The van der Waals surface area contributed by atoms with E-state index in [1.54, 1.807) is 24.3 Å². The van der Waals surface area contributed by atoms with Crippen LogP contribution in [0.15, 0.2) is 54.6 Å². The summed E-state index contributed by atoms with van der Waals surface area (Å²) in [7, 11) is 0. The summed E-state index contributed by atoms with van der Waals surface area (Å²) in [6.07, 6.45) is -5.36. The third-order valence-electron chi connectivity index (χ3n) is 5.47. The fourth-order valence-electron chi connectivity index (χ4n) is 3.97. The van der Waals surface area contributed by atoms with Crippen molar-refractivity contribution in [2.75, 3.05) is 6.61 Å². The molecule has 2 fully saturated rings. The Morgan fingerprint density at radius 1 is 0.824 bits per heavy atom. The second kappa shape index (κ2) is 10.3. The number of ether oxygens (including phenoxy) is 6. The molecule has 180 valence electrons. The standard InChI is InChI=1S/C25H26O9/c1-14(26)17-9-11-19(12-10-17)32-25-23(31-16(3)28)22(30-15(2)27)21-20(33-25)13-29-24(34-21)18-7-5-4-6-8-18/h4-12,20-25H,13H2,1-3H3/t20-,21-,22+,23+,24+,25-/m1/s1. The number of ketones is 1. The van der Waals surface area contributed by atoms with Crippen molar-refractivity contribution in [3.8, 4) is 5.75 Å². The van der Waals surface area contributed by atoms with Crippen LogP contribution in [-0.4, -0.2) is 55.0 Å². The molecule has 0 saturated carbocycles. The Hall–Kier alpha value is -3.27. The Morgan fingerprint density at radius 2 is 1.47 bits per heavy atom. The summed E-state index contributed by atoms with van der Waals surface area (Å²) in [4.78, 5) is 35.5. The minimum Gasteiger partial charge on any atom is -0.461 e. The molecule has 0 N–H and O–H groups in total. The lowest BCUT2D eigenvalue weighted by Crippen LogP contribution is -2.64. The van der Waals surface area contributed by atoms with Crippen molar-refractivity contribution in [2.24, 2.45) is 0 Å². The van der Waals surface area contributed by atoms with Gasteiger partial charge in [0.25, 0.3) is 0 Å². The van der Waals surface area contributed by atoms with Gasteiger partial charge in [0.05, 0.1) is 6.61 Å². The van der Waals surface area contributed by atoms with Gasteiger partial charge in [-0.1, -0.05) is 30.3 Å². The molecule has 2 heterocycles. The molecule has 2 aliphatic rings. The molecule has 2 aliphatic heterocycles. The Morgan fingerprint density at radius 3 is 2.09 bits per heavy atom. The first-order chi connectivity index (χ1) is 16.3. The number of carbonyl (C=O) groups is 3. The minimum absolute atomic E-state index is 0.0829. The maximum absolute atomic E-state index is 12.0. The van der Waals surface area contributed by atoms with Gasteiger partial charge in [-0.05, 0) is 31.2 Å². The van der Waals surface area contributed by atoms with Crippen LogP contribution in [0.2, 0.25) is 0 Å². The highest BCUT2D eigenvalue weighted by Crippen LogP contribution is 2.37. The van der Waals surface area contributed by atoms with Crippen molar-refractivity contribution in [3.63, 3.8) is 0 Å². The van der Waals surface area contributed by atoms with Gasteiger partial charge < -0.3 is 28.4 Å². The molecule has 4 rings (SSSR count). The molecule has 2 aromatic rings. The number of hydrogen-bond acceptors (Lipinski definition) is 9. The highest BCUT2D eigenvalue weighted by molar-refractivity contribution is 5.94. The normalized spacial score (nSPS) is 28.3. The second-order valence-electron chi connectivity index (χ2n) is 8.07. The first-order valence-electron chi connectivity index (χ1n) is 10.9. The van der Waals surface area contributed by atoms with Crippen molar-refractivity contribution in [2.45, 2.75) is 57.8 Å². The molecule has 6 atom stereocenters. The lowest BCUT2D eigenvalue weighted by atomic mass is 9.97. The van der Waals surface area contributed by atoms with Gasteiger partial charge in [0.15, 0.2) is 18.2 Å². The second-order valence-corrected chi connectivity index (χ2v) is 8.07. The summed E-state index contributed by atoms with van der Waals surface area (Å²) in [5.41, 5.74) is 1.31. The average Bonchev–Trinajstić information content (AvgIpc) is 2.81. The monoisotopic (exact) mass is 470 g/mol. The quantitative estimate of drug-likeness (QED) is 0.465. The van der Waals surface area contributed by atoms with Crippen molar-refractivity contribution >= 4 is 17.7 Å². The number of hydrogen-bond donors (Lipinski definition) is 0. The smallest absolute Gasteiger partial charge is 0.303 e. The van der Waals surface area contributed by atoms with E-state index in [1.807, 2.05) is 30.3 Å². The fourth-order valence-corrected chi connectivity index (χ4v) is 3.97. The van der Waals surface area contributed by atoms with Crippen LogP contribution in [0.3, 0.4) is 0 Å². The van der Waals surface area contributed by atoms with Crippen molar-refractivity contribution in [1.82, 2.24) is 0 Å². The number of rotatable bonds is 6. The van der Waals surface area contributed by atoms with Crippen LogP contribution in [0, 0.1) is 0 Å². The van der Waals surface area contributed by atoms with Gasteiger partial charge in [-0.3, -0.25) is 14.4 Å². The summed E-state index contributed by atoms with van der Waals surface area (Å²) in [5.74, 6) is -0.873. The molecule has 0 aromatic heterocycles. The van der Waals surface area contributed by atoms with Crippen LogP contribution in [0.1, 0.15) is 43.0 Å². The van der Waals surface area contributed by atoms with Crippen LogP contribution in [0.4, 0.5) is 0 Å². The number of fused-ring (bicyclic) bond motifs is 1. The Balaban J connectivity index is 1.60. The molecule has 0 aliphatic carbocycles. The summed E-state index contributed by atoms with van der Waals surface area (Å²) in [5, 5.41) is 0. The van der Waals surface area contributed by atoms with E-state index in [9.17, 15) is 14.4 Å². The van der Waals surface area contributed by atoms with Crippen LogP contribution in [-0.2, 0) is 33.3 Å². The molecule has 9 heteroatoms. The molecule has 0 bridgehead atoms. The molecular formula is C25H26O9. The van der Waals surface area contributed by atoms with E-state index in [0.29, 0.717) is 11.3 Å². The van der Waals surface area contributed by atoms with Gasteiger partial charge in [-0.25, -0.2) is 0 Å². The summed E-state index contributed by atoms with van der Waals surface area (Å²) >= 11 is 0. The number of Topliss-reactive ketones (excluding diaryl/α,β-unsaturated/α-hetero) is 1. The lowest BCUT2D eigenvalue weighted by molar-refractivity contribution is -0.351. The summed E-state index contributed by atoms with van der Waals surface area (Å²) in [6.45, 7) is 4.11. The van der Waals surface area contributed by atoms with Gasteiger partial charge in [0.1, 0.15) is 18.0 Å². The molecule has 0 radical (unpaired) electrons. The largest absolute Gasteiger partial charge is 0.461 e. The van der Waals surface area contributed by atoms with Crippen LogP contribution < -0.4 is 4.74 Å². The predicted octanol–water partition coefficient (Wildman–Crippen LogP) is 2.97. The van der Waals surface area contributed by atoms with Crippen LogP contribution >= 0.6 is 0 Å². The third kappa shape index (κ3) is 5.44. The van der Waals surface area contributed by atoms with Gasteiger partial charge in [0, 0.05) is 25.0 Å². The number of esters is 2. The molecule has 0 amide bonds. The first kappa shape index (κ1) is 23.9. The zero-order valence-electron chi connectivity index (χ0n) is 19.0. The molecule has 2 saturated heterocycles. The number of benzene rings is 2. The van der Waals surface area contributed by atoms with Gasteiger partial charge >= 0.3 is 11.9 Å². The topological polar surface area (TPSA) is 107 Å². The summed E-state index contributed by atoms with van der Waals surface area (Å²) in [6, 6.07) is 15.8. The van der Waals surface area contributed by atoms with Gasteiger partial charge in [0.2, 0.25) is 12.4 Å². The van der Waals surface area contributed by atoms with Gasteiger partial charge in [-0.2, -0.15) is 0 Å². The molecular weight excluding hydrogens is 444 g/mol. The van der Waals surface area contributed by atoms with E-state index >= 15 is 0 Å². The minimum atomic E-state index is -1.11. The van der Waals surface area contributed by atoms with Crippen molar-refractivity contribution in [1.29, 1.82) is 0 Å². The SMILES string of the molecule is CC(=O)O[C@@H]1[C@H](OC(C)=O)[C@H](Oc2ccc(C(C)=O)cc2)O[C@@H]2CO[C@H](c3ccccc3)O[C@@H]12. The van der Waals surface area contributed by atoms with Gasteiger partial charge in [-0.15, -0.1) is 0 Å². The first-order valence-corrected chi connectivity index (χ1v) is 10.9. The molecule has 2 aromatic carbocycles. The zero-order valence-corrected chi connectivity index (χ0v) is 19.0. The Kier molecular flexibility index (Phi) is 7.26. The highest BCUT2D eigenvalue weighted by atomic mass is 16.8.